The number of nitrogens with zero attached hydrogens (tertiary/aromatic N) is 1. The molecular formula is C17H16F4N2O3. The van der Waals surface area contributed by atoms with E-state index in [9.17, 15) is 31.9 Å². The molecule has 0 aromatic heterocycles. The first-order valence-corrected chi connectivity index (χ1v) is 8.08. The summed E-state index contributed by atoms with van der Waals surface area (Å²) < 4.78 is 53.0. The van der Waals surface area contributed by atoms with Crippen LogP contribution in [0.3, 0.4) is 0 Å². The van der Waals surface area contributed by atoms with Crippen molar-refractivity contribution in [1.29, 1.82) is 0 Å². The molecule has 1 N–H and O–H groups in total. The lowest BCUT2D eigenvalue weighted by atomic mass is 9.93. The number of rotatable bonds is 2. The van der Waals surface area contributed by atoms with Crippen molar-refractivity contribution in [3.8, 4) is 0 Å². The first-order chi connectivity index (χ1) is 12.1. The standard InChI is InChI=1S/C17H16F4N2O3/c1-8(17(19,20)21)12-5-10(18)4-9-6-23(7-13(9)12)16(26)11-2-3-14(24)22-15(11)25/h4-5,8,11H,2-3,6-7H2,1H3,(H,22,24,25)/t8-,11?/m0/s1. The SMILES string of the molecule is C[C@@H](c1cc(F)cc2c1CN(C(=O)C1CCC(=O)NC1=O)C2)C(F)(F)F. The number of hydrogen-bond donors (Lipinski definition) is 1. The minimum atomic E-state index is -4.54. The summed E-state index contributed by atoms with van der Waals surface area (Å²) in [5, 5.41) is 2.08. The molecule has 2 aliphatic heterocycles. The monoisotopic (exact) mass is 372 g/mol. The Bertz CT molecular complexity index is 791. The van der Waals surface area contributed by atoms with Gasteiger partial charge in [0.2, 0.25) is 17.7 Å². The molecule has 0 aliphatic carbocycles. The van der Waals surface area contributed by atoms with Crippen LogP contribution in [-0.2, 0) is 27.5 Å². The van der Waals surface area contributed by atoms with Gasteiger partial charge in [0, 0.05) is 19.5 Å². The van der Waals surface area contributed by atoms with Gasteiger partial charge in [0.1, 0.15) is 11.7 Å². The van der Waals surface area contributed by atoms with Gasteiger partial charge < -0.3 is 4.90 Å². The van der Waals surface area contributed by atoms with Crippen LogP contribution < -0.4 is 5.32 Å². The normalized spacial score (nSPS) is 21.4. The summed E-state index contributed by atoms with van der Waals surface area (Å²) in [6.45, 7) is 0.753. The van der Waals surface area contributed by atoms with Crippen molar-refractivity contribution in [3.63, 3.8) is 0 Å². The summed E-state index contributed by atoms with van der Waals surface area (Å²) in [6.07, 6.45) is -4.47. The number of carbonyl (C=O) groups excluding carboxylic acids is 3. The minimum absolute atomic E-state index is 0.0217. The lowest BCUT2D eigenvalue weighted by Crippen LogP contribution is -2.47. The Morgan fingerprint density at radius 1 is 1.27 bits per heavy atom. The maximum atomic E-state index is 13.8. The van der Waals surface area contributed by atoms with Crippen LogP contribution in [0, 0.1) is 11.7 Å². The predicted octanol–water partition coefficient (Wildman–Crippen LogP) is 2.39. The van der Waals surface area contributed by atoms with Gasteiger partial charge in [0.25, 0.3) is 0 Å². The Morgan fingerprint density at radius 2 is 1.96 bits per heavy atom. The zero-order valence-corrected chi connectivity index (χ0v) is 13.8. The number of carbonyl (C=O) groups is 3. The van der Waals surface area contributed by atoms with Gasteiger partial charge in [-0.2, -0.15) is 13.2 Å². The second-order valence-corrected chi connectivity index (χ2v) is 6.59. The third-order valence-electron chi connectivity index (χ3n) is 4.86. The van der Waals surface area contributed by atoms with Crippen LogP contribution in [0.2, 0.25) is 0 Å². The van der Waals surface area contributed by atoms with Crippen LogP contribution in [0.25, 0.3) is 0 Å². The van der Waals surface area contributed by atoms with Gasteiger partial charge in [-0.05, 0) is 42.2 Å². The first-order valence-electron chi connectivity index (χ1n) is 8.08. The number of piperidine rings is 1. The molecule has 1 unspecified atom stereocenters. The van der Waals surface area contributed by atoms with Crippen molar-refractivity contribution >= 4 is 17.7 Å². The molecule has 1 fully saturated rings. The van der Waals surface area contributed by atoms with Gasteiger partial charge in [0.15, 0.2) is 0 Å². The molecule has 0 bridgehead atoms. The van der Waals surface area contributed by atoms with Crippen LogP contribution >= 0.6 is 0 Å². The molecule has 140 valence electrons. The van der Waals surface area contributed by atoms with Crippen molar-refractivity contribution in [3.05, 3.63) is 34.6 Å². The summed E-state index contributed by atoms with van der Waals surface area (Å²) in [5.41, 5.74) is 0.361. The molecule has 2 heterocycles. The molecule has 3 amide bonds. The van der Waals surface area contributed by atoms with Crippen LogP contribution in [0.5, 0.6) is 0 Å². The van der Waals surface area contributed by atoms with E-state index < -0.39 is 41.6 Å². The number of alkyl halides is 3. The van der Waals surface area contributed by atoms with E-state index >= 15 is 0 Å². The fraction of sp³-hybridized carbons (Fsp3) is 0.471. The van der Waals surface area contributed by atoms with Crippen molar-refractivity contribution < 1.29 is 31.9 Å². The molecule has 9 heteroatoms. The predicted molar refractivity (Wildman–Crippen MR) is 81.0 cm³/mol. The molecule has 0 saturated carbocycles. The summed E-state index contributed by atoms with van der Waals surface area (Å²) >= 11 is 0. The number of amides is 3. The third-order valence-corrected chi connectivity index (χ3v) is 4.86. The summed E-state index contributed by atoms with van der Waals surface area (Å²) in [6, 6.07) is 1.95. The van der Waals surface area contributed by atoms with E-state index in [1.165, 1.54) is 4.90 Å². The number of nitrogens with one attached hydrogen (secondary N) is 1. The number of imide groups is 1. The zero-order chi connectivity index (χ0) is 19.2. The smallest absolute Gasteiger partial charge is 0.333 e. The second kappa shape index (κ2) is 6.37. The number of fused-ring (bicyclic) bond motifs is 1. The van der Waals surface area contributed by atoms with Crippen LogP contribution in [0.15, 0.2) is 12.1 Å². The largest absolute Gasteiger partial charge is 0.395 e. The Morgan fingerprint density at radius 3 is 2.58 bits per heavy atom. The summed E-state index contributed by atoms with van der Waals surface area (Å²) in [5.74, 6) is -5.49. The van der Waals surface area contributed by atoms with E-state index in [-0.39, 0.29) is 37.1 Å². The van der Waals surface area contributed by atoms with E-state index in [2.05, 4.69) is 5.32 Å². The summed E-state index contributed by atoms with van der Waals surface area (Å²) in [4.78, 5) is 36.9. The fourth-order valence-electron chi connectivity index (χ4n) is 3.37. The maximum absolute atomic E-state index is 13.8. The summed E-state index contributed by atoms with van der Waals surface area (Å²) in [7, 11) is 0. The molecule has 1 aromatic rings. The molecule has 1 saturated heterocycles. The molecule has 0 radical (unpaired) electrons. The number of benzene rings is 1. The van der Waals surface area contributed by atoms with Gasteiger partial charge in [-0.3, -0.25) is 19.7 Å². The van der Waals surface area contributed by atoms with Crippen molar-refractivity contribution in [2.45, 2.75) is 44.9 Å². The van der Waals surface area contributed by atoms with Crippen molar-refractivity contribution in [2.24, 2.45) is 5.92 Å². The molecule has 1 aromatic carbocycles. The van der Waals surface area contributed by atoms with Crippen molar-refractivity contribution in [1.82, 2.24) is 10.2 Å². The molecule has 0 spiro atoms. The highest BCUT2D eigenvalue weighted by atomic mass is 19.4. The molecular weight excluding hydrogens is 356 g/mol. The number of hydrogen-bond acceptors (Lipinski definition) is 3. The molecule has 3 rings (SSSR count). The molecule has 2 atom stereocenters. The third kappa shape index (κ3) is 3.30. The van der Waals surface area contributed by atoms with E-state index in [1.54, 1.807) is 0 Å². The first kappa shape index (κ1) is 18.3. The van der Waals surface area contributed by atoms with E-state index in [0.29, 0.717) is 5.56 Å². The van der Waals surface area contributed by atoms with Gasteiger partial charge in [-0.15, -0.1) is 0 Å². The lowest BCUT2D eigenvalue weighted by molar-refractivity contribution is -0.147. The lowest BCUT2D eigenvalue weighted by Gasteiger charge is -2.25. The molecule has 2 aliphatic rings. The minimum Gasteiger partial charge on any atom is -0.333 e. The van der Waals surface area contributed by atoms with Gasteiger partial charge in [-0.25, -0.2) is 4.39 Å². The van der Waals surface area contributed by atoms with Crippen LogP contribution in [-0.4, -0.2) is 28.8 Å². The van der Waals surface area contributed by atoms with Gasteiger partial charge in [-0.1, -0.05) is 0 Å². The Hall–Kier alpha value is -2.45. The highest BCUT2D eigenvalue weighted by Gasteiger charge is 2.42. The molecule has 26 heavy (non-hydrogen) atoms. The van der Waals surface area contributed by atoms with E-state index in [4.69, 9.17) is 0 Å². The van der Waals surface area contributed by atoms with Crippen LogP contribution in [0.1, 0.15) is 42.4 Å². The highest BCUT2D eigenvalue weighted by Crippen LogP contribution is 2.40. The zero-order valence-electron chi connectivity index (χ0n) is 13.8. The van der Waals surface area contributed by atoms with Gasteiger partial charge >= 0.3 is 6.18 Å². The molecule has 5 nitrogen and oxygen atoms in total. The van der Waals surface area contributed by atoms with Gasteiger partial charge in [0.05, 0.1) is 5.92 Å². The average molecular weight is 372 g/mol. The van der Waals surface area contributed by atoms with Crippen molar-refractivity contribution in [2.75, 3.05) is 0 Å². The number of halogens is 4. The Labute approximate surface area is 146 Å². The fourth-order valence-corrected chi connectivity index (χ4v) is 3.37. The topological polar surface area (TPSA) is 66.5 Å². The Balaban J connectivity index is 1.86. The van der Waals surface area contributed by atoms with Crippen LogP contribution in [0.4, 0.5) is 17.6 Å². The van der Waals surface area contributed by atoms with E-state index in [0.717, 1.165) is 19.1 Å². The highest BCUT2D eigenvalue weighted by molar-refractivity contribution is 6.08. The van der Waals surface area contributed by atoms with E-state index in [1.807, 2.05) is 0 Å². The maximum Gasteiger partial charge on any atom is 0.395 e. The Kier molecular flexibility index (Phi) is 4.49. The second-order valence-electron chi connectivity index (χ2n) is 6.59. The average Bonchev–Trinajstić information content (AvgIpc) is 2.95. The quantitative estimate of drug-likeness (QED) is 0.493.